The molecule has 11 nitrogen and oxygen atoms in total. The molecule has 0 bridgehead atoms. The van der Waals surface area contributed by atoms with Crippen molar-refractivity contribution >= 4 is 32.5 Å². The molecule has 0 aromatic rings. The average Bonchev–Trinajstić information content (AvgIpc) is 2.36. The molecule has 0 spiro atoms. The van der Waals surface area contributed by atoms with Gasteiger partial charge >= 0.3 is 51.9 Å². The summed E-state index contributed by atoms with van der Waals surface area (Å²) in [4.78, 5) is 23.0. The van der Waals surface area contributed by atoms with Crippen LogP contribution >= 0.6 is 0 Å². The molecular formula is C12H25NaO11S2. The van der Waals surface area contributed by atoms with Crippen molar-refractivity contribution in [1.29, 1.82) is 0 Å². The van der Waals surface area contributed by atoms with Gasteiger partial charge in [-0.2, -0.15) is 16.8 Å². The molecule has 1 atom stereocenters. The van der Waals surface area contributed by atoms with Crippen molar-refractivity contribution in [3.8, 4) is 0 Å². The number of carbonyl (C=O) groups is 2. The second-order valence-electron chi connectivity index (χ2n) is 5.76. The third kappa shape index (κ3) is 21.8. The Kier molecular flexibility index (Phi) is 16.2. The van der Waals surface area contributed by atoms with E-state index in [2.05, 4.69) is 0 Å². The molecule has 152 valence electrons. The van der Waals surface area contributed by atoms with Crippen molar-refractivity contribution in [1.82, 2.24) is 0 Å². The van der Waals surface area contributed by atoms with Crippen LogP contribution in [0.15, 0.2) is 0 Å². The van der Waals surface area contributed by atoms with Crippen molar-refractivity contribution in [3.63, 3.8) is 0 Å². The molecule has 0 radical (unpaired) electrons. The Hall–Kier alpha value is -0.280. The molecule has 1 unspecified atom stereocenters. The van der Waals surface area contributed by atoms with Crippen molar-refractivity contribution in [2.45, 2.75) is 39.4 Å². The summed E-state index contributed by atoms with van der Waals surface area (Å²) >= 11 is 0. The van der Waals surface area contributed by atoms with Crippen LogP contribution in [-0.2, 0) is 39.6 Å². The Labute approximate surface area is 176 Å². The van der Waals surface area contributed by atoms with E-state index < -0.39 is 44.1 Å². The van der Waals surface area contributed by atoms with Gasteiger partial charge in [-0.05, 0) is 11.8 Å². The summed E-state index contributed by atoms with van der Waals surface area (Å²) in [5.74, 6) is -1.93. The zero-order valence-electron chi connectivity index (χ0n) is 16.3. The van der Waals surface area contributed by atoms with Gasteiger partial charge in [0.05, 0.1) is 19.6 Å². The first-order valence-corrected chi connectivity index (χ1v) is 9.92. The van der Waals surface area contributed by atoms with E-state index in [1.165, 1.54) is 0 Å². The summed E-state index contributed by atoms with van der Waals surface area (Å²) in [7, 11) is -9.39. The second kappa shape index (κ2) is 13.8. The quantitative estimate of drug-likeness (QED) is 0.209. The van der Waals surface area contributed by atoms with Gasteiger partial charge in [0.15, 0.2) is 5.25 Å². The predicted molar refractivity (Wildman–Crippen MR) is 86.8 cm³/mol. The zero-order chi connectivity index (χ0) is 20.4. The van der Waals surface area contributed by atoms with Crippen LogP contribution in [0.1, 0.15) is 35.5 Å². The molecule has 0 heterocycles. The number of hydrogen-bond donors (Lipinski definition) is 3. The first kappa shape index (κ1) is 30.4. The van der Waals surface area contributed by atoms with E-state index in [1.54, 1.807) is 13.8 Å². The fourth-order valence-corrected chi connectivity index (χ4v) is 1.78. The van der Waals surface area contributed by atoms with Gasteiger partial charge < -0.3 is 10.9 Å². The average molecular weight is 432 g/mol. The molecule has 26 heavy (non-hydrogen) atoms. The summed E-state index contributed by atoms with van der Waals surface area (Å²) in [6.45, 7) is 7.28. The monoisotopic (exact) mass is 432 g/mol. The SMILES string of the molecule is CC(C)COC(=O)CC(C(=O)OCC(C)C)S(=O)(=O)O.O=S(=O)(O)O.[H-].[Na+]. The van der Waals surface area contributed by atoms with E-state index in [-0.39, 0.29) is 56.0 Å². The Morgan fingerprint density at radius 1 is 0.885 bits per heavy atom. The summed E-state index contributed by atoms with van der Waals surface area (Å²) < 4.78 is 72.4. The number of esters is 2. The van der Waals surface area contributed by atoms with Crippen LogP contribution in [0.25, 0.3) is 0 Å². The largest absolute Gasteiger partial charge is 1.00 e. The van der Waals surface area contributed by atoms with Gasteiger partial charge in [0.2, 0.25) is 0 Å². The van der Waals surface area contributed by atoms with Crippen LogP contribution in [0.4, 0.5) is 0 Å². The summed E-state index contributed by atoms with van der Waals surface area (Å²) in [5.41, 5.74) is 0. The topological polar surface area (TPSA) is 182 Å². The molecule has 0 aliphatic rings. The van der Waals surface area contributed by atoms with E-state index in [1.807, 2.05) is 13.8 Å². The molecule has 0 rings (SSSR count). The standard InChI is InChI=1S/C12H22O7S.Na.H2O4S.H/c1-8(2)6-18-11(13)5-10(20(15,16)17)12(14)19-7-9(3)4;;1-5(2,3)4;/h8-10H,5-7H2,1-4H3,(H,15,16,17);;(H2,1,2,3,4);/q;+1;;-1. The van der Waals surface area contributed by atoms with E-state index in [4.69, 9.17) is 31.5 Å². The van der Waals surface area contributed by atoms with Gasteiger partial charge in [-0.3, -0.25) is 23.2 Å². The van der Waals surface area contributed by atoms with Crippen LogP contribution in [0, 0.1) is 11.8 Å². The molecule has 0 aromatic carbocycles. The summed E-state index contributed by atoms with van der Waals surface area (Å²) in [5, 5.41) is -1.94. The third-order valence-electron chi connectivity index (χ3n) is 2.11. The maximum Gasteiger partial charge on any atom is 1.00 e. The molecule has 0 saturated heterocycles. The maximum absolute atomic E-state index is 11.6. The molecule has 0 amide bonds. The Morgan fingerprint density at radius 3 is 1.54 bits per heavy atom. The first-order valence-electron chi connectivity index (χ1n) is 7.02. The van der Waals surface area contributed by atoms with Gasteiger partial charge in [0, 0.05) is 0 Å². The van der Waals surface area contributed by atoms with Crippen LogP contribution in [0.5, 0.6) is 0 Å². The van der Waals surface area contributed by atoms with Gasteiger partial charge in [-0.25, -0.2) is 0 Å². The number of rotatable bonds is 8. The molecule has 3 N–H and O–H groups in total. The van der Waals surface area contributed by atoms with E-state index in [0.29, 0.717) is 0 Å². The maximum atomic E-state index is 11.6. The van der Waals surface area contributed by atoms with Gasteiger partial charge in [-0.1, -0.05) is 27.7 Å². The first-order chi connectivity index (χ1) is 11.0. The number of carbonyl (C=O) groups excluding carboxylic acids is 2. The van der Waals surface area contributed by atoms with Crippen molar-refractivity contribution < 1.29 is 80.5 Å². The molecule has 0 fully saturated rings. The van der Waals surface area contributed by atoms with Crippen molar-refractivity contribution in [2.75, 3.05) is 13.2 Å². The molecule has 0 aliphatic heterocycles. The van der Waals surface area contributed by atoms with Crippen molar-refractivity contribution in [2.24, 2.45) is 11.8 Å². The fourth-order valence-electron chi connectivity index (χ4n) is 1.12. The number of hydrogen-bond acceptors (Lipinski definition) is 8. The minimum Gasteiger partial charge on any atom is -1.00 e. The van der Waals surface area contributed by atoms with E-state index >= 15 is 0 Å². The summed E-state index contributed by atoms with van der Waals surface area (Å²) in [6.07, 6.45) is -0.761. The molecular weight excluding hydrogens is 407 g/mol. The van der Waals surface area contributed by atoms with Crippen LogP contribution in [0.3, 0.4) is 0 Å². The normalized spacial score (nSPS) is 12.5. The van der Waals surface area contributed by atoms with Crippen LogP contribution in [-0.4, -0.2) is 60.9 Å². The van der Waals surface area contributed by atoms with Gasteiger partial charge in [0.1, 0.15) is 0 Å². The molecule has 0 aromatic heterocycles. The molecule has 0 aliphatic carbocycles. The Morgan fingerprint density at radius 2 is 1.23 bits per heavy atom. The van der Waals surface area contributed by atoms with Gasteiger partial charge in [-0.15, -0.1) is 0 Å². The van der Waals surface area contributed by atoms with E-state index in [0.717, 1.165) is 0 Å². The second-order valence-corrected chi connectivity index (χ2v) is 8.25. The minimum atomic E-state index is -4.72. The third-order valence-corrected chi connectivity index (χ3v) is 3.19. The minimum absolute atomic E-state index is 0. The fraction of sp³-hybridized carbons (Fsp3) is 0.833. The predicted octanol–water partition coefficient (Wildman–Crippen LogP) is -2.50. The zero-order valence-corrected chi connectivity index (χ0v) is 18.9. The molecule has 14 heteroatoms. The van der Waals surface area contributed by atoms with Gasteiger partial charge in [0.25, 0.3) is 10.1 Å². The number of ether oxygens (including phenoxy) is 2. The van der Waals surface area contributed by atoms with Crippen molar-refractivity contribution in [3.05, 3.63) is 0 Å². The smallest absolute Gasteiger partial charge is 1.00 e. The molecule has 0 saturated carbocycles. The van der Waals surface area contributed by atoms with Crippen LogP contribution in [0.2, 0.25) is 0 Å². The summed E-state index contributed by atoms with van der Waals surface area (Å²) in [6, 6.07) is 0. The Bertz CT molecular complexity index is 624. The van der Waals surface area contributed by atoms with Crippen LogP contribution < -0.4 is 29.6 Å². The Balaban J connectivity index is -0.000000333. The van der Waals surface area contributed by atoms with E-state index in [9.17, 15) is 18.0 Å².